The van der Waals surface area contributed by atoms with Gasteiger partial charge in [0.25, 0.3) is 0 Å². The molecule has 94 valence electrons. The zero-order valence-corrected chi connectivity index (χ0v) is 10.9. The van der Waals surface area contributed by atoms with Crippen LogP contribution in [0.15, 0.2) is 36.9 Å². The van der Waals surface area contributed by atoms with E-state index in [-0.39, 0.29) is 6.04 Å². The van der Waals surface area contributed by atoms with E-state index in [2.05, 4.69) is 27.2 Å². The molecule has 2 rings (SSSR count). The first-order valence-electron chi connectivity index (χ1n) is 5.90. The SMILES string of the molecule is CCNC(Cc1ccncc1Cl)c1ncccn1. The molecular formula is C13H15ClN4. The Morgan fingerprint density at radius 3 is 2.72 bits per heavy atom. The highest BCUT2D eigenvalue weighted by Gasteiger charge is 2.15. The third-order valence-electron chi connectivity index (χ3n) is 2.63. The van der Waals surface area contributed by atoms with E-state index in [9.17, 15) is 0 Å². The molecule has 2 aromatic heterocycles. The van der Waals surface area contributed by atoms with E-state index in [1.54, 1.807) is 24.8 Å². The Hall–Kier alpha value is -1.52. The predicted molar refractivity (Wildman–Crippen MR) is 71.4 cm³/mol. The maximum Gasteiger partial charge on any atom is 0.145 e. The van der Waals surface area contributed by atoms with Gasteiger partial charge >= 0.3 is 0 Å². The zero-order chi connectivity index (χ0) is 12.8. The van der Waals surface area contributed by atoms with Crippen LogP contribution in [0.4, 0.5) is 0 Å². The van der Waals surface area contributed by atoms with E-state index in [1.165, 1.54) is 0 Å². The molecule has 5 heteroatoms. The van der Waals surface area contributed by atoms with Crippen LogP contribution in [-0.4, -0.2) is 21.5 Å². The fourth-order valence-corrected chi connectivity index (χ4v) is 1.98. The van der Waals surface area contributed by atoms with Crippen LogP contribution in [0.3, 0.4) is 0 Å². The minimum atomic E-state index is 0.0658. The summed E-state index contributed by atoms with van der Waals surface area (Å²) < 4.78 is 0. The van der Waals surface area contributed by atoms with E-state index in [4.69, 9.17) is 11.6 Å². The molecule has 0 aliphatic heterocycles. The number of nitrogens with one attached hydrogen (secondary N) is 1. The Balaban J connectivity index is 2.19. The van der Waals surface area contributed by atoms with Crippen LogP contribution in [0.2, 0.25) is 5.02 Å². The number of hydrogen-bond acceptors (Lipinski definition) is 4. The largest absolute Gasteiger partial charge is 0.307 e. The van der Waals surface area contributed by atoms with Crippen molar-refractivity contribution in [3.05, 3.63) is 53.3 Å². The van der Waals surface area contributed by atoms with Crippen LogP contribution in [0, 0.1) is 0 Å². The summed E-state index contributed by atoms with van der Waals surface area (Å²) in [6.07, 6.45) is 7.66. The summed E-state index contributed by atoms with van der Waals surface area (Å²) in [7, 11) is 0. The molecule has 1 N–H and O–H groups in total. The smallest absolute Gasteiger partial charge is 0.145 e. The number of hydrogen-bond donors (Lipinski definition) is 1. The lowest BCUT2D eigenvalue weighted by Gasteiger charge is -2.16. The van der Waals surface area contributed by atoms with Gasteiger partial charge in [-0.1, -0.05) is 18.5 Å². The third kappa shape index (κ3) is 3.24. The second kappa shape index (κ2) is 6.42. The maximum atomic E-state index is 6.12. The predicted octanol–water partition coefficient (Wildman–Crippen LogP) is 2.42. The van der Waals surface area contributed by atoms with E-state index in [1.807, 2.05) is 12.1 Å². The van der Waals surface area contributed by atoms with Crippen molar-refractivity contribution in [2.45, 2.75) is 19.4 Å². The molecule has 0 radical (unpaired) electrons. The van der Waals surface area contributed by atoms with E-state index in [0.29, 0.717) is 5.02 Å². The van der Waals surface area contributed by atoms with Crippen molar-refractivity contribution >= 4 is 11.6 Å². The summed E-state index contributed by atoms with van der Waals surface area (Å²) in [5.41, 5.74) is 1.05. The number of aromatic nitrogens is 3. The molecule has 2 heterocycles. The highest BCUT2D eigenvalue weighted by atomic mass is 35.5. The summed E-state index contributed by atoms with van der Waals surface area (Å²) in [4.78, 5) is 12.6. The van der Waals surface area contributed by atoms with Crippen molar-refractivity contribution in [1.29, 1.82) is 0 Å². The fraction of sp³-hybridized carbons (Fsp3) is 0.308. The summed E-state index contributed by atoms with van der Waals surface area (Å²) in [6.45, 7) is 2.91. The lowest BCUT2D eigenvalue weighted by molar-refractivity contribution is 0.521. The molecule has 0 saturated heterocycles. The third-order valence-corrected chi connectivity index (χ3v) is 2.97. The average Bonchev–Trinajstić information content (AvgIpc) is 2.42. The van der Waals surface area contributed by atoms with Gasteiger partial charge in [0, 0.05) is 24.8 Å². The Labute approximate surface area is 111 Å². The van der Waals surface area contributed by atoms with Crippen molar-refractivity contribution in [3.63, 3.8) is 0 Å². The number of likely N-dealkylation sites (N-methyl/N-ethyl adjacent to an activating group) is 1. The number of halogens is 1. The van der Waals surface area contributed by atoms with Gasteiger partial charge < -0.3 is 5.32 Å². The first-order valence-corrected chi connectivity index (χ1v) is 6.27. The van der Waals surface area contributed by atoms with E-state index in [0.717, 1.165) is 24.4 Å². The number of nitrogens with zero attached hydrogens (tertiary/aromatic N) is 3. The molecule has 0 fully saturated rings. The second-order valence-corrected chi connectivity index (χ2v) is 4.30. The lowest BCUT2D eigenvalue weighted by Crippen LogP contribution is -2.25. The van der Waals surface area contributed by atoms with Crippen molar-refractivity contribution in [2.24, 2.45) is 0 Å². The normalized spacial score (nSPS) is 12.3. The molecule has 0 saturated carbocycles. The van der Waals surface area contributed by atoms with Crippen LogP contribution >= 0.6 is 11.6 Å². The first-order chi connectivity index (χ1) is 8.81. The molecule has 0 aliphatic rings. The average molecular weight is 263 g/mol. The van der Waals surface area contributed by atoms with Gasteiger partial charge in [-0.3, -0.25) is 4.98 Å². The standard InChI is InChI=1S/C13H15ClN4/c1-2-16-12(13-17-5-3-6-18-13)8-10-4-7-15-9-11(10)14/h3-7,9,12,16H,2,8H2,1H3. The molecule has 0 bridgehead atoms. The number of rotatable bonds is 5. The molecule has 0 amide bonds. The number of pyridine rings is 1. The van der Waals surface area contributed by atoms with Gasteiger partial charge in [0.2, 0.25) is 0 Å². The highest BCUT2D eigenvalue weighted by molar-refractivity contribution is 6.31. The van der Waals surface area contributed by atoms with Crippen LogP contribution in [0.5, 0.6) is 0 Å². The molecule has 0 aliphatic carbocycles. The van der Waals surface area contributed by atoms with Gasteiger partial charge in [-0.2, -0.15) is 0 Å². The molecule has 18 heavy (non-hydrogen) atoms. The van der Waals surface area contributed by atoms with E-state index >= 15 is 0 Å². The Morgan fingerprint density at radius 2 is 2.06 bits per heavy atom. The maximum absolute atomic E-state index is 6.12. The summed E-state index contributed by atoms with van der Waals surface area (Å²) >= 11 is 6.12. The van der Waals surface area contributed by atoms with Gasteiger partial charge in [-0.15, -0.1) is 0 Å². The van der Waals surface area contributed by atoms with Gasteiger partial charge in [0.1, 0.15) is 5.82 Å². The molecule has 0 aromatic carbocycles. The fourth-order valence-electron chi connectivity index (χ4n) is 1.78. The topological polar surface area (TPSA) is 50.7 Å². The minimum absolute atomic E-state index is 0.0658. The van der Waals surface area contributed by atoms with Gasteiger partial charge in [-0.25, -0.2) is 9.97 Å². The molecule has 1 unspecified atom stereocenters. The molecular weight excluding hydrogens is 248 g/mol. The Morgan fingerprint density at radius 1 is 1.28 bits per heavy atom. The molecule has 2 aromatic rings. The Bertz CT molecular complexity index is 489. The summed E-state index contributed by atoms with van der Waals surface area (Å²) in [6, 6.07) is 3.80. The molecule has 4 nitrogen and oxygen atoms in total. The molecule has 1 atom stereocenters. The van der Waals surface area contributed by atoms with Crippen LogP contribution in [-0.2, 0) is 6.42 Å². The van der Waals surface area contributed by atoms with Gasteiger partial charge in [0.15, 0.2) is 0 Å². The highest BCUT2D eigenvalue weighted by Crippen LogP contribution is 2.20. The van der Waals surface area contributed by atoms with Crippen molar-refractivity contribution < 1.29 is 0 Å². The molecule has 0 spiro atoms. The summed E-state index contributed by atoms with van der Waals surface area (Å²) in [5, 5.41) is 4.05. The van der Waals surface area contributed by atoms with Crippen molar-refractivity contribution in [1.82, 2.24) is 20.3 Å². The van der Waals surface area contributed by atoms with Crippen molar-refractivity contribution in [2.75, 3.05) is 6.54 Å². The van der Waals surface area contributed by atoms with E-state index < -0.39 is 0 Å². The zero-order valence-electron chi connectivity index (χ0n) is 10.2. The van der Waals surface area contributed by atoms with Crippen LogP contribution < -0.4 is 5.32 Å². The quantitative estimate of drug-likeness (QED) is 0.899. The van der Waals surface area contributed by atoms with Gasteiger partial charge in [-0.05, 0) is 30.7 Å². The van der Waals surface area contributed by atoms with Crippen LogP contribution in [0.1, 0.15) is 24.4 Å². The monoisotopic (exact) mass is 262 g/mol. The Kier molecular flexibility index (Phi) is 4.61. The van der Waals surface area contributed by atoms with Crippen molar-refractivity contribution in [3.8, 4) is 0 Å². The van der Waals surface area contributed by atoms with Gasteiger partial charge in [0.05, 0.1) is 11.1 Å². The second-order valence-electron chi connectivity index (χ2n) is 3.89. The summed E-state index contributed by atoms with van der Waals surface area (Å²) in [5.74, 6) is 0.784. The van der Waals surface area contributed by atoms with Crippen LogP contribution in [0.25, 0.3) is 0 Å². The lowest BCUT2D eigenvalue weighted by atomic mass is 10.1. The minimum Gasteiger partial charge on any atom is -0.307 e. The first kappa shape index (κ1) is 12.9.